The Kier molecular flexibility index (Phi) is 4.44. The summed E-state index contributed by atoms with van der Waals surface area (Å²) in [5.41, 5.74) is 2.57. The topological polar surface area (TPSA) is 38.7 Å². The number of phenols is 1. The Bertz CT molecular complexity index is 703. The standard InChI is InChI=1S/C23H32O3/c1-22(2)12-11-20(26-22)21(17-7-5-6-8-19(17)24)25-14-15-9-10-16-13-18(15)23(16,3)4/h5-9,16,18,20-21,24H,10-14H2,1-4H3/t16-,18+,20-,21-/m1/s1. The molecule has 1 N–H and O–H groups in total. The molecule has 0 spiro atoms. The second-order valence-electron chi connectivity index (χ2n) is 9.57. The summed E-state index contributed by atoms with van der Waals surface area (Å²) in [6, 6.07) is 7.53. The lowest BCUT2D eigenvalue weighted by Gasteiger charge is -2.56. The van der Waals surface area contributed by atoms with Gasteiger partial charge in [-0.1, -0.05) is 38.1 Å². The van der Waals surface area contributed by atoms with Crippen LogP contribution in [0.1, 0.15) is 65.0 Å². The molecule has 0 amide bonds. The first kappa shape index (κ1) is 18.1. The molecule has 26 heavy (non-hydrogen) atoms. The van der Waals surface area contributed by atoms with E-state index in [4.69, 9.17) is 9.47 Å². The smallest absolute Gasteiger partial charge is 0.121 e. The van der Waals surface area contributed by atoms with E-state index in [1.54, 1.807) is 6.07 Å². The monoisotopic (exact) mass is 356 g/mol. The van der Waals surface area contributed by atoms with Crippen LogP contribution in [-0.2, 0) is 9.47 Å². The van der Waals surface area contributed by atoms with Crippen LogP contribution in [0.4, 0.5) is 0 Å². The summed E-state index contributed by atoms with van der Waals surface area (Å²) in [6.45, 7) is 9.69. The lowest BCUT2D eigenvalue weighted by atomic mass is 9.49. The van der Waals surface area contributed by atoms with Crippen LogP contribution in [0, 0.1) is 17.3 Å². The molecule has 5 rings (SSSR count). The average Bonchev–Trinajstić information content (AvgIpc) is 2.96. The number of allylic oxidation sites excluding steroid dienone is 1. The van der Waals surface area contributed by atoms with E-state index in [0.717, 1.165) is 24.3 Å². The van der Waals surface area contributed by atoms with Gasteiger partial charge in [0.15, 0.2) is 0 Å². The fourth-order valence-corrected chi connectivity index (χ4v) is 5.18. The molecule has 4 aliphatic rings. The van der Waals surface area contributed by atoms with E-state index < -0.39 is 0 Å². The second-order valence-corrected chi connectivity index (χ2v) is 9.57. The number of hydrogen-bond donors (Lipinski definition) is 1. The van der Waals surface area contributed by atoms with Crippen molar-refractivity contribution in [1.82, 2.24) is 0 Å². The normalized spacial score (nSPS) is 32.6. The van der Waals surface area contributed by atoms with E-state index in [2.05, 4.69) is 33.8 Å². The van der Waals surface area contributed by atoms with Gasteiger partial charge in [0.2, 0.25) is 0 Å². The molecule has 1 saturated carbocycles. The molecule has 3 heteroatoms. The predicted molar refractivity (Wildman–Crippen MR) is 103 cm³/mol. The van der Waals surface area contributed by atoms with Crippen LogP contribution in [0.25, 0.3) is 0 Å². The number of rotatable bonds is 5. The Morgan fingerprint density at radius 1 is 1.23 bits per heavy atom. The van der Waals surface area contributed by atoms with Crippen molar-refractivity contribution in [2.45, 2.75) is 71.2 Å². The van der Waals surface area contributed by atoms with Gasteiger partial charge in [0.25, 0.3) is 0 Å². The predicted octanol–water partition coefficient (Wildman–Crippen LogP) is 5.40. The van der Waals surface area contributed by atoms with Crippen LogP contribution in [0.2, 0.25) is 0 Å². The molecular formula is C23H32O3. The van der Waals surface area contributed by atoms with E-state index in [1.165, 1.54) is 18.4 Å². The minimum Gasteiger partial charge on any atom is -0.508 e. The molecule has 1 aliphatic heterocycles. The number of hydrogen-bond acceptors (Lipinski definition) is 3. The summed E-state index contributed by atoms with van der Waals surface area (Å²) in [5.74, 6) is 1.78. The first-order valence-corrected chi connectivity index (χ1v) is 10.0. The summed E-state index contributed by atoms with van der Waals surface area (Å²) < 4.78 is 12.7. The van der Waals surface area contributed by atoms with E-state index in [9.17, 15) is 5.11 Å². The van der Waals surface area contributed by atoms with Gasteiger partial charge < -0.3 is 14.6 Å². The van der Waals surface area contributed by atoms with Gasteiger partial charge in [-0.2, -0.15) is 0 Å². The van der Waals surface area contributed by atoms with Crippen molar-refractivity contribution in [2.75, 3.05) is 6.61 Å². The second kappa shape index (κ2) is 6.38. The molecule has 1 aromatic carbocycles. The van der Waals surface area contributed by atoms with Gasteiger partial charge in [0, 0.05) is 5.56 Å². The highest BCUT2D eigenvalue weighted by atomic mass is 16.6. The fourth-order valence-electron chi connectivity index (χ4n) is 5.18. The van der Waals surface area contributed by atoms with Gasteiger partial charge in [-0.05, 0) is 68.4 Å². The van der Waals surface area contributed by atoms with Crippen LogP contribution in [-0.4, -0.2) is 23.4 Å². The first-order chi connectivity index (χ1) is 12.3. The summed E-state index contributed by atoms with van der Waals surface area (Å²) in [6.07, 6.45) is 6.62. The van der Waals surface area contributed by atoms with Gasteiger partial charge >= 0.3 is 0 Å². The Morgan fingerprint density at radius 3 is 2.62 bits per heavy atom. The zero-order chi connectivity index (χ0) is 18.5. The van der Waals surface area contributed by atoms with Crippen LogP contribution in [0.3, 0.4) is 0 Å². The Labute approximate surface area is 157 Å². The highest BCUT2D eigenvalue weighted by molar-refractivity contribution is 5.35. The number of phenolic OH excluding ortho intramolecular Hbond substituents is 1. The molecule has 1 heterocycles. The van der Waals surface area contributed by atoms with Crippen molar-refractivity contribution in [3.05, 3.63) is 41.5 Å². The van der Waals surface area contributed by atoms with Crippen molar-refractivity contribution >= 4 is 0 Å². The van der Waals surface area contributed by atoms with E-state index in [1.807, 2.05) is 18.2 Å². The van der Waals surface area contributed by atoms with E-state index in [-0.39, 0.29) is 17.8 Å². The number of fused-ring (bicyclic) bond motifs is 1. The number of aromatic hydroxyl groups is 1. The highest BCUT2D eigenvalue weighted by Crippen LogP contribution is 2.59. The summed E-state index contributed by atoms with van der Waals surface area (Å²) in [7, 11) is 0. The molecule has 4 atom stereocenters. The summed E-state index contributed by atoms with van der Waals surface area (Å²) in [4.78, 5) is 0. The molecular weight excluding hydrogens is 324 g/mol. The first-order valence-electron chi connectivity index (χ1n) is 10.0. The maximum Gasteiger partial charge on any atom is 0.121 e. The van der Waals surface area contributed by atoms with Crippen molar-refractivity contribution in [2.24, 2.45) is 17.3 Å². The van der Waals surface area contributed by atoms with Crippen LogP contribution in [0.15, 0.2) is 35.9 Å². The van der Waals surface area contributed by atoms with Crippen LogP contribution < -0.4 is 0 Å². The molecule has 142 valence electrons. The molecule has 2 bridgehead atoms. The number of ether oxygens (including phenoxy) is 2. The Balaban J connectivity index is 1.53. The van der Waals surface area contributed by atoms with Crippen LogP contribution >= 0.6 is 0 Å². The van der Waals surface area contributed by atoms with Crippen LogP contribution in [0.5, 0.6) is 5.75 Å². The van der Waals surface area contributed by atoms with Gasteiger partial charge in [0.1, 0.15) is 11.9 Å². The zero-order valence-electron chi connectivity index (χ0n) is 16.5. The van der Waals surface area contributed by atoms with Crippen molar-refractivity contribution in [3.8, 4) is 5.75 Å². The SMILES string of the molecule is CC1(C)CC[C@H]([C@H](OCC2=CC[C@@H]3C[C@@H]2C3(C)C)c2ccccc2O)O1. The van der Waals surface area contributed by atoms with Gasteiger partial charge in [-0.25, -0.2) is 0 Å². The molecule has 0 aromatic heterocycles. The molecule has 1 aromatic rings. The highest BCUT2D eigenvalue weighted by Gasteiger charge is 2.51. The molecule has 2 fully saturated rings. The van der Waals surface area contributed by atoms with Crippen molar-refractivity contribution < 1.29 is 14.6 Å². The maximum atomic E-state index is 10.4. The summed E-state index contributed by atoms with van der Waals surface area (Å²) >= 11 is 0. The van der Waals surface area contributed by atoms with Gasteiger partial charge in [-0.15, -0.1) is 0 Å². The minimum atomic E-state index is -0.222. The third-order valence-electron chi connectivity index (χ3n) is 7.09. The molecule has 0 radical (unpaired) electrons. The average molecular weight is 357 g/mol. The van der Waals surface area contributed by atoms with Crippen molar-refractivity contribution in [1.29, 1.82) is 0 Å². The lowest BCUT2D eigenvalue weighted by molar-refractivity contribution is -0.0991. The molecule has 0 unspecified atom stereocenters. The van der Waals surface area contributed by atoms with Gasteiger partial charge in [-0.3, -0.25) is 0 Å². The minimum absolute atomic E-state index is 0.00959. The maximum absolute atomic E-state index is 10.4. The molecule has 3 nitrogen and oxygen atoms in total. The largest absolute Gasteiger partial charge is 0.508 e. The molecule has 1 saturated heterocycles. The fraction of sp³-hybridized carbons (Fsp3) is 0.652. The van der Waals surface area contributed by atoms with E-state index >= 15 is 0 Å². The van der Waals surface area contributed by atoms with E-state index in [0.29, 0.717) is 23.7 Å². The quantitative estimate of drug-likeness (QED) is 0.718. The number of para-hydroxylation sites is 1. The van der Waals surface area contributed by atoms with Crippen molar-refractivity contribution in [3.63, 3.8) is 0 Å². The molecule has 3 aliphatic carbocycles. The summed E-state index contributed by atoms with van der Waals surface area (Å²) in [5, 5.41) is 10.4. The van der Waals surface area contributed by atoms with Gasteiger partial charge in [0.05, 0.1) is 18.3 Å². The third-order valence-corrected chi connectivity index (χ3v) is 7.09. The zero-order valence-corrected chi connectivity index (χ0v) is 16.5. The number of benzene rings is 1. The third kappa shape index (κ3) is 3.10. The Morgan fingerprint density at radius 2 is 2.00 bits per heavy atom. The Hall–Kier alpha value is -1.32. The lowest BCUT2D eigenvalue weighted by Crippen LogP contribution is -2.48.